The molecular formula is C12H21N7O7S. The topological polar surface area (TPSA) is 211 Å². The summed E-state index contributed by atoms with van der Waals surface area (Å²) in [7, 11) is -4.84. The van der Waals surface area contributed by atoms with Gasteiger partial charge in [0, 0.05) is 13.0 Å². The van der Waals surface area contributed by atoms with E-state index in [1.807, 2.05) is 0 Å². The van der Waals surface area contributed by atoms with Crippen LogP contribution < -0.4 is 16.5 Å². The Morgan fingerprint density at radius 1 is 1.37 bits per heavy atom. The molecule has 0 aromatic rings. The van der Waals surface area contributed by atoms with E-state index in [0.717, 1.165) is 0 Å². The van der Waals surface area contributed by atoms with Gasteiger partial charge < -0.3 is 16.0 Å². The standard InChI is InChI=1S/C12H21N7O7S/c13-10(16-9(20)2-1-5-25-17-11(14)15)8-4-3-7-6-18(8)12(21)19(7)26-27(22,23)24/h7-8H,1-6H2,(H2,13,16,20)(H4,14,15,17)(H,22,23,24). The van der Waals surface area contributed by atoms with Crippen molar-refractivity contribution in [2.24, 2.45) is 5.73 Å². The Hall–Kier alpha value is -2.49. The molecule has 2 saturated heterocycles. The van der Waals surface area contributed by atoms with Gasteiger partial charge in [0.15, 0.2) is 0 Å². The number of guanidine groups is 1. The molecular weight excluding hydrogens is 386 g/mol. The Morgan fingerprint density at radius 3 is 2.70 bits per heavy atom. The van der Waals surface area contributed by atoms with E-state index in [0.29, 0.717) is 24.3 Å². The minimum absolute atomic E-state index is 0.0449. The summed E-state index contributed by atoms with van der Waals surface area (Å²) in [4.78, 5) is 30.1. The number of carbonyl (C=O) groups excluding carboxylic acids is 2. The molecule has 2 atom stereocenters. The summed E-state index contributed by atoms with van der Waals surface area (Å²) in [5, 5.41) is 17.9. The molecule has 2 fully saturated rings. The highest BCUT2D eigenvalue weighted by molar-refractivity contribution is 7.80. The molecule has 2 aliphatic heterocycles. The first-order valence-electron chi connectivity index (χ1n) is 7.95. The maximum atomic E-state index is 12.3. The van der Waals surface area contributed by atoms with E-state index in [9.17, 15) is 18.0 Å². The number of piperidine rings is 1. The van der Waals surface area contributed by atoms with Crippen LogP contribution in [0.4, 0.5) is 4.79 Å². The highest BCUT2D eigenvalue weighted by Gasteiger charge is 2.48. The number of nitrogens with two attached hydrogens (primary N) is 1. The maximum Gasteiger partial charge on any atom is 0.418 e. The lowest BCUT2D eigenvalue weighted by molar-refractivity contribution is -0.120. The zero-order chi connectivity index (χ0) is 20.2. The number of nitrogens with one attached hydrogen (secondary N) is 4. The second-order valence-corrected chi connectivity index (χ2v) is 6.94. The first-order chi connectivity index (χ1) is 12.6. The molecule has 15 heteroatoms. The molecule has 0 radical (unpaired) electrons. The normalized spacial score (nSPS) is 21.9. The summed E-state index contributed by atoms with van der Waals surface area (Å²) in [5.74, 6) is -1.01. The van der Waals surface area contributed by atoms with Crippen LogP contribution >= 0.6 is 0 Å². The lowest BCUT2D eigenvalue weighted by Gasteiger charge is -2.30. The van der Waals surface area contributed by atoms with Crippen molar-refractivity contribution in [3.8, 4) is 0 Å². The molecule has 7 N–H and O–H groups in total. The Labute approximate surface area is 154 Å². The molecule has 2 aliphatic rings. The first kappa shape index (κ1) is 20.8. The lowest BCUT2D eigenvalue weighted by Crippen LogP contribution is -2.50. The number of urea groups is 1. The Morgan fingerprint density at radius 2 is 2.07 bits per heavy atom. The van der Waals surface area contributed by atoms with Crippen molar-refractivity contribution in [1.82, 2.24) is 20.8 Å². The molecule has 0 aromatic heterocycles. The predicted octanol–water partition coefficient (Wildman–Crippen LogP) is -1.72. The minimum Gasteiger partial charge on any atom is -0.368 e. The fourth-order valence-electron chi connectivity index (χ4n) is 2.86. The summed E-state index contributed by atoms with van der Waals surface area (Å²) >= 11 is 0. The lowest BCUT2D eigenvalue weighted by atomic mass is 10.00. The average molecular weight is 407 g/mol. The molecule has 27 heavy (non-hydrogen) atoms. The third-order valence-electron chi connectivity index (χ3n) is 3.94. The SMILES string of the molecule is N=C(N)NOCCCC(=O)NC(=N)C1CCC2CN1C(=O)N2OS(=O)(=O)O. The molecule has 0 aromatic carbocycles. The molecule has 3 amide bonds. The number of amidine groups is 1. The smallest absolute Gasteiger partial charge is 0.368 e. The van der Waals surface area contributed by atoms with Gasteiger partial charge in [0.2, 0.25) is 11.9 Å². The van der Waals surface area contributed by atoms with Crippen LogP contribution in [0.25, 0.3) is 0 Å². The molecule has 2 bridgehead atoms. The van der Waals surface area contributed by atoms with E-state index >= 15 is 0 Å². The van der Waals surface area contributed by atoms with Gasteiger partial charge in [-0.2, -0.15) is 13.5 Å². The van der Waals surface area contributed by atoms with Crippen LogP contribution in [-0.2, 0) is 24.3 Å². The molecule has 0 spiro atoms. The highest BCUT2D eigenvalue weighted by Crippen LogP contribution is 2.30. The van der Waals surface area contributed by atoms with Gasteiger partial charge in [-0.25, -0.2) is 10.3 Å². The first-order valence-corrected chi connectivity index (χ1v) is 9.32. The fourth-order valence-corrected chi connectivity index (χ4v) is 3.25. The number of fused-ring (bicyclic) bond motifs is 2. The van der Waals surface area contributed by atoms with E-state index in [2.05, 4.69) is 15.1 Å². The predicted molar refractivity (Wildman–Crippen MR) is 89.5 cm³/mol. The summed E-state index contributed by atoms with van der Waals surface area (Å²) in [6.45, 7) is 0.236. The largest absolute Gasteiger partial charge is 0.418 e. The molecule has 2 heterocycles. The molecule has 0 saturated carbocycles. The maximum absolute atomic E-state index is 12.3. The van der Waals surface area contributed by atoms with Gasteiger partial charge in [0.05, 0.1) is 18.7 Å². The van der Waals surface area contributed by atoms with Gasteiger partial charge in [0.25, 0.3) is 0 Å². The average Bonchev–Trinajstić information content (AvgIpc) is 2.77. The number of nitrogens with zero attached hydrogens (tertiary/aromatic N) is 2. The summed E-state index contributed by atoms with van der Waals surface area (Å²) in [5.41, 5.74) is 7.14. The summed E-state index contributed by atoms with van der Waals surface area (Å²) < 4.78 is 34.8. The van der Waals surface area contributed by atoms with Crippen LogP contribution in [0.3, 0.4) is 0 Å². The van der Waals surface area contributed by atoms with Gasteiger partial charge in [0.1, 0.15) is 5.84 Å². The zero-order valence-electron chi connectivity index (χ0n) is 14.2. The number of amides is 3. The number of hydroxylamine groups is 3. The Kier molecular flexibility index (Phi) is 6.53. The highest BCUT2D eigenvalue weighted by atomic mass is 32.3. The minimum atomic E-state index is -4.84. The van der Waals surface area contributed by atoms with Crippen LogP contribution in [0.2, 0.25) is 0 Å². The fraction of sp³-hybridized carbons (Fsp3) is 0.667. The van der Waals surface area contributed by atoms with Gasteiger partial charge in [-0.3, -0.25) is 25.0 Å². The molecule has 0 aliphatic carbocycles. The van der Waals surface area contributed by atoms with Crippen molar-refractivity contribution in [3.05, 3.63) is 0 Å². The van der Waals surface area contributed by atoms with Crippen molar-refractivity contribution >= 4 is 34.1 Å². The quantitative estimate of drug-likeness (QED) is 0.0886. The van der Waals surface area contributed by atoms with E-state index in [-0.39, 0.29) is 31.4 Å². The van der Waals surface area contributed by atoms with E-state index in [1.54, 1.807) is 0 Å². The van der Waals surface area contributed by atoms with Crippen molar-refractivity contribution < 1.29 is 31.7 Å². The summed E-state index contributed by atoms with van der Waals surface area (Å²) in [6.07, 6.45) is 1.02. The van der Waals surface area contributed by atoms with Crippen molar-refractivity contribution in [2.45, 2.75) is 37.8 Å². The number of rotatable bonds is 8. The van der Waals surface area contributed by atoms with Crippen LogP contribution in [0.15, 0.2) is 0 Å². The van der Waals surface area contributed by atoms with Crippen molar-refractivity contribution in [2.75, 3.05) is 13.2 Å². The second-order valence-electron chi connectivity index (χ2n) is 5.94. The number of hydrogen-bond acceptors (Lipinski definition) is 8. The Bertz CT molecular complexity index is 728. The molecule has 2 rings (SSSR count). The number of carbonyl (C=O) groups is 2. The van der Waals surface area contributed by atoms with Crippen LogP contribution in [-0.4, -0.2) is 71.9 Å². The van der Waals surface area contributed by atoms with E-state index in [4.69, 9.17) is 25.9 Å². The van der Waals surface area contributed by atoms with Crippen LogP contribution in [0, 0.1) is 10.8 Å². The molecule has 152 valence electrons. The van der Waals surface area contributed by atoms with Crippen molar-refractivity contribution in [3.63, 3.8) is 0 Å². The number of hydrogen-bond donors (Lipinski definition) is 6. The molecule has 2 unspecified atom stereocenters. The van der Waals surface area contributed by atoms with E-state index in [1.165, 1.54) is 4.90 Å². The molecule has 14 nitrogen and oxygen atoms in total. The Balaban J connectivity index is 1.83. The van der Waals surface area contributed by atoms with Gasteiger partial charge in [-0.1, -0.05) is 0 Å². The second kappa shape index (κ2) is 8.47. The summed E-state index contributed by atoms with van der Waals surface area (Å²) in [6, 6.07) is -2.10. The van der Waals surface area contributed by atoms with Crippen LogP contribution in [0.1, 0.15) is 25.7 Å². The monoisotopic (exact) mass is 407 g/mol. The van der Waals surface area contributed by atoms with Gasteiger partial charge >= 0.3 is 16.4 Å². The van der Waals surface area contributed by atoms with Gasteiger partial charge in [-0.05, 0) is 19.3 Å². The van der Waals surface area contributed by atoms with Gasteiger partial charge in [-0.15, -0.1) is 4.28 Å². The van der Waals surface area contributed by atoms with E-state index < -0.39 is 34.4 Å². The van der Waals surface area contributed by atoms with Crippen molar-refractivity contribution in [1.29, 1.82) is 10.8 Å². The zero-order valence-corrected chi connectivity index (χ0v) is 15.0. The van der Waals surface area contributed by atoms with Crippen LogP contribution in [0.5, 0.6) is 0 Å². The third kappa shape index (κ3) is 5.75. The third-order valence-corrected chi connectivity index (χ3v) is 4.29.